The molecule has 3 rings (SSSR count). The number of fused-ring (bicyclic) bond motifs is 1. The molecular formula is C14H18N4. The molecule has 2 heterocycles. The summed E-state index contributed by atoms with van der Waals surface area (Å²) in [6, 6.07) is 8.04. The SMILES string of the molecule is CCCC1(N)CN(c2ncc3ccccc3n2)C1. The summed E-state index contributed by atoms with van der Waals surface area (Å²) in [7, 11) is 0. The van der Waals surface area contributed by atoms with E-state index in [1.807, 2.05) is 30.5 Å². The first-order valence-electron chi connectivity index (χ1n) is 6.46. The van der Waals surface area contributed by atoms with Crippen LogP contribution in [0, 0.1) is 0 Å². The number of anilines is 1. The van der Waals surface area contributed by atoms with Gasteiger partial charge in [0.25, 0.3) is 0 Å². The number of hydrogen-bond acceptors (Lipinski definition) is 4. The zero-order valence-corrected chi connectivity index (χ0v) is 10.6. The molecule has 0 spiro atoms. The van der Waals surface area contributed by atoms with E-state index in [1.54, 1.807) is 0 Å². The number of benzene rings is 1. The molecule has 1 saturated heterocycles. The Bertz CT molecular complexity index is 560. The zero-order valence-electron chi connectivity index (χ0n) is 10.6. The predicted octanol–water partition coefficient (Wildman–Crippen LogP) is 1.95. The Hall–Kier alpha value is -1.68. The number of nitrogens with zero attached hydrogens (tertiary/aromatic N) is 3. The maximum Gasteiger partial charge on any atom is 0.226 e. The minimum absolute atomic E-state index is 0.0379. The van der Waals surface area contributed by atoms with Crippen LogP contribution >= 0.6 is 0 Å². The summed E-state index contributed by atoms with van der Waals surface area (Å²) in [6.45, 7) is 3.89. The Morgan fingerprint density at radius 3 is 2.89 bits per heavy atom. The van der Waals surface area contributed by atoms with Crippen molar-refractivity contribution < 1.29 is 0 Å². The Kier molecular flexibility index (Phi) is 2.67. The van der Waals surface area contributed by atoms with Gasteiger partial charge < -0.3 is 10.6 Å². The molecule has 0 saturated carbocycles. The molecule has 1 fully saturated rings. The topological polar surface area (TPSA) is 55.0 Å². The third-order valence-electron chi connectivity index (χ3n) is 3.52. The molecule has 1 aromatic carbocycles. The number of para-hydroxylation sites is 1. The van der Waals surface area contributed by atoms with E-state index >= 15 is 0 Å². The predicted molar refractivity (Wildman–Crippen MR) is 73.6 cm³/mol. The molecule has 0 bridgehead atoms. The van der Waals surface area contributed by atoms with E-state index in [0.29, 0.717) is 0 Å². The molecule has 1 aliphatic heterocycles. The van der Waals surface area contributed by atoms with Gasteiger partial charge in [-0.1, -0.05) is 31.5 Å². The van der Waals surface area contributed by atoms with Gasteiger partial charge in [-0.25, -0.2) is 9.97 Å². The molecular weight excluding hydrogens is 224 g/mol. The van der Waals surface area contributed by atoms with Crippen LogP contribution in [0.15, 0.2) is 30.5 Å². The van der Waals surface area contributed by atoms with Gasteiger partial charge in [-0.3, -0.25) is 0 Å². The van der Waals surface area contributed by atoms with Crippen LogP contribution in [-0.2, 0) is 0 Å². The molecule has 2 N–H and O–H groups in total. The van der Waals surface area contributed by atoms with Crippen LogP contribution in [0.25, 0.3) is 10.9 Å². The van der Waals surface area contributed by atoms with Crippen LogP contribution in [0.4, 0.5) is 5.95 Å². The van der Waals surface area contributed by atoms with E-state index in [1.165, 1.54) is 0 Å². The normalized spacial score (nSPS) is 17.8. The van der Waals surface area contributed by atoms with E-state index < -0.39 is 0 Å². The summed E-state index contributed by atoms with van der Waals surface area (Å²) in [6.07, 6.45) is 4.08. The van der Waals surface area contributed by atoms with Crippen molar-refractivity contribution in [1.82, 2.24) is 9.97 Å². The minimum atomic E-state index is -0.0379. The summed E-state index contributed by atoms with van der Waals surface area (Å²) in [4.78, 5) is 11.2. The average Bonchev–Trinajstić information content (AvgIpc) is 2.35. The second kappa shape index (κ2) is 4.21. The molecule has 94 valence electrons. The van der Waals surface area contributed by atoms with Crippen molar-refractivity contribution >= 4 is 16.9 Å². The number of hydrogen-bond donors (Lipinski definition) is 1. The summed E-state index contributed by atoms with van der Waals surface area (Å²) in [5.41, 5.74) is 7.21. The first-order valence-corrected chi connectivity index (χ1v) is 6.46. The molecule has 2 aromatic rings. The van der Waals surface area contributed by atoms with E-state index in [2.05, 4.69) is 21.8 Å². The number of aromatic nitrogens is 2. The third-order valence-corrected chi connectivity index (χ3v) is 3.52. The second-order valence-electron chi connectivity index (χ2n) is 5.20. The first-order chi connectivity index (χ1) is 8.70. The molecule has 1 aliphatic rings. The van der Waals surface area contributed by atoms with E-state index in [9.17, 15) is 0 Å². The fourth-order valence-electron chi connectivity index (χ4n) is 2.63. The van der Waals surface area contributed by atoms with Gasteiger partial charge >= 0.3 is 0 Å². The molecule has 18 heavy (non-hydrogen) atoms. The van der Waals surface area contributed by atoms with Crippen LogP contribution in [0.5, 0.6) is 0 Å². The molecule has 0 atom stereocenters. The van der Waals surface area contributed by atoms with Crippen molar-refractivity contribution in [3.63, 3.8) is 0 Å². The second-order valence-corrected chi connectivity index (χ2v) is 5.20. The lowest BCUT2D eigenvalue weighted by molar-refractivity contribution is 0.304. The van der Waals surface area contributed by atoms with Gasteiger partial charge in [0.05, 0.1) is 11.1 Å². The van der Waals surface area contributed by atoms with E-state index in [-0.39, 0.29) is 5.54 Å². The fraction of sp³-hybridized carbons (Fsp3) is 0.429. The quantitative estimate of drug-likeness (QED) is 0.893. The van der Waals surface area contributed by atoms with Gasteiger partial charge in [-0.2, -0.15) is 0 Å². The number of rotatable bonds is 3. The van der Waals surface area contributed by atoms with Gasteiger partial charge in [0.2, 0.25) is 5.95 Å². The Morgan fingerprint density at radius 2 is 2.11 bits per heavy atom. The number of nitrogens with two attached hydrogens (primary N) is 1. The van der Waals surface area contributed by atoms with E-state index in [0.717, 1.165) is 42.8 Å². The lowest BCUT2D eigenvalue weighted by Crippen LogP contribution is -2.67. The molecule has 4 heteroatoms. The van der Waals surface area contributed by atoms with Gasteiger partial charge in [0.15, 0.2) is 0 Å². The Morgan fingerprint density at radius 1 is 1.33 bits per heavy atom. The summed E-state index contributed by atoms with van der Waals surface area (Å²) in [5.74, 6) is 0.797. The molecule has 0 radical (unpaired) electrons. The fourth-order valence-corrected chi connectivity index (χ4v) is 2.63. The highest BCUT2D eigenvalue weighted by atomic mass is 15.3. The lowest BCUT2D eigenvalue weighted by atomic mass is 9.87. The molecule has 0 aliphatic carbocycles. The van der Waals surface area contributed by atoms with Crippen molar-refractivity contribution in [2.24, 2.45) is 5.73 Å². The maximum atomic E-state index is 6.26. The standard InChI is InChI=1S/C14H18N4/c1-2-7-14(15)9-18(10-14)13-16-8-11-5-3-4-6-12(11)17-13/h3-6,8H,2,7,9-10,15H2,1H3. The summed E-state index contributed by atoms with van der Waals surface area (Å²) in [5, 5.41) is 1.08. The Labute approximate surface area is 107 Å². The summed E-state index contributed by atoms with van der Waals surface area (Å²) < 4.78 is 0. The van der Waals surface area contributed by atoms with Crippen LogP contribution in [-0.4, -0.2) is 28.6 Å². The van der Waals surface area contributed by atoms with Gasteiger partial charge in [0, 0.05) is 24.7 Å². The van der Waals surface area contributed by atoms with Gasteiger partial charge in [-0.05, 0) is 12.5 Å². The van der Waals surface area contributed by atoms with Crippen molar-refractivity contribution in [2.45, 2.75) is 25.3 Å². The Balaban J connectivity index is 1.80. The molecule has 0 amide bonds. The van der Waals surface area contributed by atoms with Crippen molar-refractivity contribution in [3.05, 3.63) is 30.5 Å². The maximum absolute atomic E-state index is 6.26. The van der Waals surface area contributed by atoms with Gasteiger partial charge in [-0.15, -0.1) is 0 Å². The van der Waals surface area contributed by atoms with Gasteiger partial charge in [0.1, 0.15) is 0 Å². The largest absolute Gasteiger partial charge is 0.337 e. The highest BCUT2D eigenvalue weighted by molar-refractivity contribution is 5.78. The molecule has 0 unspecified atom stereocenters. The minimum Gasteiger partial charge on any atom is -0.337 e. The molecule has 4 nitrogen and oxygen atoms in total. The van der Waals surface area contributed by atoms with Crippen molar-refractivity contribution in [1.29, 1.82) is 0 Å². The molecule has 1 aromatic heterocycles. The zero-order chi connectivity index (χ0) is 12.6. The highest BCUT2D eigenvalue weighted by Gasteiger charge is 2.39. The smallest absolute Gasteiger partial charge is 0.226 e. The third kappa shape index (κ3) is 1.93. The summed E-state index contributed by atoms with van der Waals surface area (Å²) >= 11 is 0. The van der Waals surface area contributed by atoms with Crippen LogP contribution in [0.2, 0.25) is 0 Å². The van der Waals surface area contributed by atoms with Crippen LogP contribution in [0.1, 0.15) is 19.8 Å². The van der Waals surface area contributed by atoms with E-state index in [4.69, 9.17) is 5.73 Å². The first kappa shape index (κ1) is 11.4. The average molecular weight is 242 g/mol. The van der Waals surface area contributed by atoms with Crippen LogP contribution in [0.3, 0.4) is 0 Å². The highest BCUT2D eigenvalue weighted by Crippen LogP contribution is 2.27. The monoisotopic (exact) mass is 242 g/mol. The lowest BCUT2D eigenvalue weighted by Gasteiger charge is -2.47. The van der Waals surface area contributed by atoms with Crippen molar-refractivity contribution in [3.8, 4) is 0 Å². The van der Waals surface area contributed by atoms with Crippen LogP contribution < -0.4 is 10.6 Å². The van der Waals surface area contributed by atoms with Crippen molar-refractivity contribution in [2.75, 3.05) is 18.0 Å².